The lowest BCUT2D eigenvalue weighted by molar-refractivity contribution is -0.133. The van der Waals surface area contributed by atoms with Gasteiger partial charge in [0.25, 0.3) is 11.8 Å². The molecule has 1 aliphatic rings. The van der Waals surface area contributed by atoms with E-state index in [1.165, 1.54) is 0 Å². The van der Waals surface area contributed by atoms with E-state index in [9.17, 15) is 19.2 Å². The second-order valence-electron chi connectivity index (χ2n) is 16.4. The Balaban J connectivity index is 0.908. The average molecular weight is 810 g/mol. The van der Waals surface area contributed by atoms with Crippen LogP contribution in [0.4, 0.5) is 21.0 Å². The van der Waals surface area contributed by atoms with Crippen LogP contribution >= 0.6 is 0 Å². The van der Waals surface area contributed by atoms with Gasteiger partial charge in [-0.1, -0.05) is 0 Å². The van der Waals surface area contributed by atoms with Gasteiger partial charge in [-0.25, -0.2) is 9.59 Å². The van der Waals surface area contributed by atoms with Crippen molar-refractivity contribution >= 4 is 57.2 Å². The van der Waals surface area contributed by atoms with Gasteiger partial charge in [-0.2, -0.15) is 0 Å². The fourth-order valence-corrected chi connectivity index (χ4v) is 6.69. The highest BCUT2D eigenvalue weighted by atomic mass is 16.6. The molecule has 0 atom stereocenters. The minimum Gasteiger partial charge on any atom is -0.484 e. The third-order valence-electron chi connectivity index (χ3n) is 9.48. The van der Waals surface area contributed by atoms with Gasteiger partial charge in [-0.15, -0.1) is 0 Å². The van der Waals surface area contributed by atoms with Gasteiger partial charge in [0.15, 0.2) is 13.2 Å². The molecule has 314 valence electrons. The number of ether oxygens (including phenoxy) is 4. The number of nitrogens with one attached hydrogen (secondary N) is 5. The molecule has 4 amide bonds. The Hall–Kier alpha value is -6.38. The Kier molecular flexibility index (Phi) is 13.2. The number of alkyl carbamates (subject to hydrolysis) is 2. The zero-order valence-corrected chi connectivity index (χ0v) is 34.7. The molecule has 0 bridgehead atoms. The number of carbonyl (C=O) groups is 4. The number of aromatic amines is 2. The van der Waals surface area contributed by atoms with Crippen LogP contribution in [-0.4, -0.2) is 103 Å². The summed E-state index contributed by atoms with van der Waals surface area (Å²) in [5.41, 5.74) is 4.43. The van der Waals surface area contributed by atoms with E-state index in [-0.39, 0.29) is 25.0 Å². The van der Waals surface area contributed by atoms with Gasteiger partial charge in [0.1, 0.15) is 22.7 Å². The molecule has 2 aromatic heterocycles. The highest BCUT2D eigenvalue weighted by Crippen LogP contribution is 2.26. The largest absolute Gasteiger partial charge is 0.484 e. The molecule has 0 aliphatic carbocycles. The van der Waals surface area contributed by atoms with Crippen LogP contribution in [0, 0.1) is 0 Å². The van der Waals surface area contributed by atoms with Crippen LogP contribution in [0.2, 0.25) is 0 Å². The maximum atomic E-state index is 13.1. The molecule has 3 aromatic carbocycles. The summed E-state index contributed by atoms with van der Waals surface area (Å²) in [5.74, 6) is 0.785. The van der Waals surface area contributed by atoms with Gasteiger partial charge in [0.05, 0.1) is 0 Å². The summed E-state index contributed by atoms with van der Waals surface area (Å²) in [6.07, 6.45) is 4.10. The summed E-state index contributed by atoms with van der Waals surface area (Å²) in [4.78, 5) is 60.4. The van der Waals surface area contributed by atoms with E-state index in [1.54, 1.807) is 0 Å². The van der Waals surface area contributed by atoms with Crippen LogP contribution < -0.4 is 30.3 Å². The van der Waals surface area contributed by atoms with Gasteiger partial charge in [-0.3, -0.25) is 9.59 Å². The first-order chi connectivity index (χ1) is 28.1. The molecule has 5 aromatic rings. The Morgan fingerprint density at radius 2 is 1.14 bits per heavy atom. The molecule has 3 heterocycles. The third kappa shape index (κ3) is 12.3. The molecule has 0 spiro atoms. The zero-order chi connectivity index (χ0) is 42.2. The van der Waals surface area contributed by atoms with Crippen molar-refractivity contribution in [2.75, 3.05) is 62.7 Å². The van der Waals surface area contributed by atoms with E-state index in [1.807, 2.05) is 119 Å². The summed E-state index contributed by atoms with van der Waals surface area (Å²) >= 11 is 0. The van der Waals surface area contributed by atoms with Crippen LogP contribution in [0.1, 0.15) is 52.7 Å². The number of aromatic nitrogens is 2. The second-order valence-corrected chi connectivity index (χ2v) is 16.4. The van der Waals surface area contributed by atoms with Crippen molar-refractivity contribution in [1.82, 2.24) is 25.5 Å². The predicted octanol–water partition coefficient (Wildman–Crippen LogP) is 6.53. The van der Waals surface area contributed by atoms with Crippen molar-refractivity contribution < 1.29 is 38.1 Å². The topological polar surface area (TPSA) is 179 Å². The lowest BCUT2D eigenvalue weighted by Gasteiger charge is -2.36. The van der Waals surface area contributed by atoms with E-state index in [2.05, 4.69) is 30.8 Å². The van der Waals surface area contributed by atoms with Crippen molar-refractivity contribution in [3.63, 3.8) is 0 Å². The molecule has 0 unspecified atom stereocenters. The molecule has 15 nitrogen and oxygen atoms in total. The van der Waals surface area contributed by atoms with E-state index >= 15 is 0 Å². The monoisotopic (exact) mass is 809 g/mol. The highest BCUT2D eigenvalue weighted by Gasteiger charge is 2.22. The number of carbonyl (C=O) groups excluding carboxylic acids is 4. The molecule has 1 fully saturated rings. The molecule has 5 N–H and O–H groups in total. The quantitative estimate of drug-likeness (QED) is 0.0834. The number of fused-ring (bicyclic) bond motifs is 2. The molecule has 1 aliphatic heterocycles. The third-order valence-corrected chi connectivity index (χ3v) is 9.48. The standard InChI is InChI=1S/C44H55N7O8/c1-43(2,3)58-41(54)45-17-15-29-25-47-37-13-11-33(23-35(29)37)56-27-39(52)49-31-7-9-32(10-8-31)50-19-21-51(22-20-50)40(53)28-57-34-12-14-38-36(24-34)30(26-48-38)16-18-46-42(55)59-44(4,5)6/h7-14,23-26,47-48H,15-22,27-28H2,1-6H3,(H,45,54)(H,46,55)(H,49,52). The van der Waals surface area contributed by atoms with Crippen LogP contribution in [0.25, 0.3) is 21.8 Å². The average Bonchev–Trinajstić information content (AvgIpc) is 3.78. The van der Waals surface area contributed by atoms with Gasteiger partial charge in [0, 0.05) is 84.8 Å². The summed E-state index contributed by atoms with van der Waals surface area (Å²) in [7, 11) is 0. The van der Waals surface area contributed by atoms with Gasteiger partial charge in [0.2, 0.25) is 0 Å². The molecule has 0 saturated carbocycles. The molecule has 6 rings (SSSR count). The first-order valence-corrected chi connectivity index (χ1v) is 19.9. The van der Waals surface area contributed by atoms with Crippen molar-refractivity contribution in [2.24, 2.45) is 0 Å². The van der Waals surface area contributed by atoms with E-state index < -0.39 is 23.4 Å². The number of hydrogen-bond acceptors (Lipinski definition) is 9. The summed E-state index contributed by atoms with van der Waals surface area (Å²) in [5, 5.41) is 10.4. The first-order valence-electron chi connectivity index (χ1n) is 19.9. The van der Waals surface area contributed by atoms with Gasteiger partial charge < -0.3 is 54.7 Å². The fourth-order valence-electron chi connectivity index (χ4n) is 6.69. The molecular weight excluding hydrogens is 755 g/mol. The van der Waals surface area contributed by atoms with Crippen LogP contribution in [0.15, 0.2) is 73.1 Å². The SMILES string of the molecule is CC(C)(C)OC(=O)NCCc1c[nH]c2ccc(OCC(=O)Nc3ccc(N4CCN(C(=O)COc5ccc6[nH]cc(CCNC(=O)OC(C)(C)C)c6c5)CC4)cc3)cc12. The lowest BCUT2D eigenvalue weighted by Crippen LogP contribution is -2.50. The normalized spacial score (nSPS) is 13.3. The number of anilines is 2. The van der Waals surface area contributed by atoms with E-state index in [0.717, 1.165) is 38.6 Å². The smallest absolute Gasteiger partial charge is 0.407 e. The predicted molar refractivity (Wildman–Crippen MR) is 227 cm³/mol. The highest BCUT2D eigenvalue weighted by molar-refractivity contribution is 5.92. The lowest BCUT2D eigenvalue weighted by atomic mass is 10.1. The zero-order valence-electron chi connectivity index (χ0n) is 34.7. The maximum absolute atomic E-state index is 13.1. The molecule has 0 radical (unpaired) electrons. The molecular formula is C44H55N7O8. The van der Waals surface area contributed by atoms with Crippen LogP contribution in [-0.2, 0) is 31.9 Å². The molecule has 1 saturated heterocycles. The minimum atomic E-state index is -0.562. The van der Waals surface area contributed by atoms with Gasteiger partial charge >= 0.3 is 12.2 Å². The number of amides is 4. The second kappa shape index (κ2) is 18.5. The van der Waals surface area contributed by atoms with Crippen LogP contribution in [0.5, 0.6) is 11.5 Å². The number of nitrogens with zero attached hydrogens (tertiary/aromatic N) is 2. The maximum Gasteiger partial charge on any atom is 0.407 e. The summed E-state index contributed by atoms with van der Waals surface area (Å²) in [6, 6.07) is 18.9. The van der Waals surface area contributed by atoms with Crippen LogP contribution in [0.3, 0.4) is 0 Å². The van der Waals surface area contributed by atoms with Crippen molar-refractivity contribution in [1.29, 1.82) is 0 Å². The molecule has 15 heteroatoms. The number of benzene rings is 3. The Labute approximate surface area is 344 Å². The Bertz CT molecular complexity index is 2240. The van der Waals surface area contributed by atoms with E-state index in [0.29, 0.717) is 69.3 Å². The number of hydrogen-bond donors (Lipinski definition) is 5. The number of piperazine rings is 1. The van der Waals surface area contributed by atoms with Crippen molar-refractivity contribution in [3.05, 3.63) is 84.2 Å². The van der Waals surface area contributed by atoms with Gasteiger partial charge in [-0.05, 0) is 126 Å². The Morgan fingerprint density at radius 3 is 1.63 bits per heavy atom. The summed E-state index contributed by atoms with van der Waals surface area (Å²) < 4.78 is 22.4. The minimum absolute atomic E-state index is 0.0690. The summed E-state index contributed by atoms with van der Waals surface area (Å²) in [6.45, 7) is 14.0. The molecule has 59 heavy (non-hydrogen) atoms. The number of H-pyrrole nitrogens is 2. The Morgan fingerprint density at radius 1 is 0.644 bits per heavy atom. The van der Waals surface area contributed by atoms with Crippen molar-refractivity contribution in [2.45, 2.75) is 65.6 Å². The fraction of sp³-hybridized carbons (Fsp3) is 0.409. The number of rotatable bonds is 14. The van der Waals surface area contributed by atoms with E-state index in [4.69, 9.17) is 18.9 Å². The van der Waals surface area contributed by atoms with Crippen molar-refractivity contribution in [3.8, 4) is 11.5 Å². The first kappa shape index (κ1) is 42.2.